The van der Waals surface area contributed by atoms with Crippen molar-refractivity contribution < 1.29 is 14.0 Å². The van der Waals surface area contributed by atoms with Crippen molar-refractivity contribution >= 4 is 39.2 Å². The van der Waals surface area contributed by atoms with E-state index in [1.807, 2.05) is 60.7 Å². The predicted molar refractivity (Wildman–Crippen MR) is 121 cm³/mol. The number of nitrogens with one attached hydrogen (secondary N) is 1. The van der Waals surface area contributed by atoms with Crippen LogP contribution in [0.4, 0.5) is 5.69 Å². The number of hydrogen-bond acceptors (Lipinski definition) is 4. The maximum atomic E-state index is 13.6. The minimum Gasteiger partial charge on any atom is -0.456 e. The molecule has 0 aliphatic heterocycles. The lowest BCUT2D eigenvalue weighted by atomic mass is 9.81. The zero-order chi connectivity index (χ0) is 20.9. The van der Waals surface area contributed by atoms with Crippen molar-refractivity contribution in [2.24, 2.45) is 0 Å². The lowest BCUT2D eigenvalue weighted by Crippen LogP contribution is -2.23. The molecule has 4 aromatic carbocycles. The normalized spacial score (nSPS) is 12.8. The van der Waals surface area contributed by atoms with Gasteiger partial charge in [-0.25, -0.2) is 0 Å². The number of hydrogen-bond donors (Lipinski definition) is 1. The van der Waals surface area contributed by atoms with Gasteiger partial charge in [0.2, 0.25) is 0 Å². The number of carbonyl (C=O) groups excluding carboxylic acids is 2. The average Bonchev–Trinajstić information content (AvgIpc) is 3.19. The van der Waals surface area contributed by atoms with Crippen LogP contribution in [0.3, 0.4) is 0 Å². The highest BCUT2D eigenvalue weighted by molar-refractivity contribution is 6.35. The molecule has 4 heteroatoms. The molecule has 1 heterocycles. The molecule has 0 atom stereocenters. The molecule has 0 fully saturated rings. The van der Waals surface area contributed by atoms with Crippen molar-refractivity contribution in [3.63, 3.8) is 0 Å². The molecule has 0 unspecified atom stereocenters. The quantitative estimate of drug-likeness (QED) is 0.395. The SMILES string of the molecule is O=C1c2ccccc2C(=O)c2c1c(NCc1ccccc1)cc1oc3ccccc3c21. The molecule has 1 N–H and O–H groups in total. The Hall–Kier alpha value is -4.18. The third-order valence-corrected chi connectivity index (χ3v) is 5.86. The van der Waals surface area contributed by atoms with Crippen LogP contribution in [0.1, 0.15) is 37.4 Å². The Balaban J connectivity index is 1.63. The summed E-state index contributed by atoms with van der Waals surface area (Å²) in [7, 11) is 0. The lowest BCUT2D eigenvalue weighted by Gasteiger charge is -2.21. The van der Waals surface area contributed by atoms with Crippen LogP contribution in [0.25, 0.3) is 21.9 Å². The van der Waals surface area contributed by atoms with Crippen LogP contribution < -0.4 is 5.32 Å². The van der Waals surface area contributed by atoms with Gasteiger partial charge in [-0.3, -0.25) is 9.59 Å². The van der Waals surface area contributed by atoms with Crippen LogP contribution in [0, 0.1) is 0 Å². The fourth-order valence-electron chi connectivity index (χ4n) is 4.43. The van der Waals surface area contributed by atoms with Gasteiger partial charge >= 0.3 is 0 Å². The van der Waals surface area contributed by atoms with Crippen LogP contribution >= 0.6 is 0 Å². The van der Waals surface area contributed by atoms with Crippen LogP contribution in [0.2, 0.25) is 0 Å². The minimum absolute atomic E-state index is 0.145. The molecule has 1 aromatic heterocycles. The Kier molecular flexibility index (Phi) is 3.80. The van der Waals surface area contributed by atoms with E-state index in [0.717, 1.165) is 10.9 Å². The van der Waals surface area contributed by atoms with E-state index in [0.29, 0.717) is 51.0 Å². The number of anilines is 1. The van der Waals surface area contributed by atoms with E-state index in [2.05, 4.69) is 5.32 Å². The first-order valence-electron chi connectivity index (χ1n) is 10.2. The number of rotatable bonds is 3. The summed E-state index contributed by atoms with van der Waals surface area (Å²) in [6, 6.07) is 26.4. The van der Waals surface area contributed by atoms with E-state index >= 15 is 0 Å². The average molecular weight is 403 g/mol. The van der Waals surface area contributed by atoms with Crippen LogP contribution in [0.15, 0.2) is 89.3 Å². The zero-order valence-electron chi connectivity index (χ0n) is 16.5. The summed E-state index contributed by atoms with van der Waals surface area (Å²) in [5.74, 6) is -0.293. The highest BCUT2D eigenvalue weighted by atomic mass is 16.3. The van der Waals surface area contributed by atoms with Gasteiger partial charge in [0, 0.05) is 40.1 Å². The van der Waals surface area contributed by atoms with E-state index in [-0.39, 0.29) is 11.6 Å². The van der Waals surface area contributed by atoms with Crippen molar-refractivity contribution in [3.05, 3.63) is 113 Å². The second-order valence-corrected chi connectivity index (χ2v) is 7.69. The van der Waals surface area contributed by atoms with E-state index in [9.17, 15) is 9.59 Å². The van der Waals surface area contributed by atoms with E-state index in [4.69, 9.17) is 4.42 Å². The van der Waals surface area contributed by atoms with Crippen molar-refractivity contribution in [2.75, 3.05) is 5.32 Å². The lowest BCUT2D eigenvalue weighted by molar-refractivity contribution is 0.0981. The summed E-state index contributed by atoms with van der Waals surface area (Å²) in [5.41, 5.74) is 4.69. The first-order valence-corrected chi connectivity index (χ1v) is 10.2. The van der Waals surface area contributed by atoms with Gasteiger partial charge in [0.25, 0.3) is 0 Å². The summed E-state index contributed by atoms with van der Waals surface area (Å²) < 4.78 is 6.08. The maximum Gasteiger partial charge on any atom is 0.196 e. The van der Waals surface area contributed by atoms with Gasteiger partial charge in [0.05, 0.1) is 11.3 Å². The van der Waals surface area contributed by atoms with Crippen LogP contribution in [-0.2, 0) is 6.54 Å². The third-order valence-electron chi connectivity index (χ3n) is 5.86. The smallest absolute Gasteiger partial charge is 0.196 e. The molecule has 5 aromatic rings. The molecule has 0 spiro atoms. The summed E-state index contributed by atoms with van der Waals surface area (Å²) >= 11 is 0. The molecule has 4 nitrogen and oxygen atoms in total. The molecule has 0 radical (unpaired) electrons. The number of carbonyl (C=O) groups is 2. The fourth-order valence-corrected chi connectivity index (χ4v) is 4.43. The van der Waals surface area contributed by atoms with Gasteiger partial charge in [-0.2, -0.15) is 0 Å². The first kappa shape index (κ1) is 17.7. The Morgan fingerprint density at radius 3 is 2.10 bits per heavy atom. The largest absolute Gasteiger partial charge is 0.456 e. The monoisotopic (exact) mass is 403 g/mol. The Morgan fingerprint density at radius 1 is 0.677 bits per heavy atom. The van der Waals surface area contributed by atoms with Crippen LogP contribution in [0.5, 0.6) is 0 Å². The number of ketones is 2. The van der Waals surface area contributed by atoms with Gasteiger partial charge in [-0.05, 0) is 11.6 Å². The van der Waals surface area contributed by atoms with Gasteiger partial charge in [-0.15, -0.1) is 0 Å². The van der Waals surface area contributed by atoms with Gasteiger partial charge in [-0.1, -0.05) is 72.8 Å². The molecular formula is C27H17NO3. The highest BCUT2D eigenvalue weighted by Crippen LogP contribution is 2.41. The van der Waals surface area contributed by atoms with Crippen molar-refractivity contribution in [1.29, 1.82) is 0 Å². The summed E-state index contributed by atoms with van der Waals surface area (Å²) in [6.07, 6.45) is 0. The molecule has 31 heavy (non-hydrogen) atoms. The van der Waals surface area contributed by atoms with Gasteiger partial charge < -0.3 is 9.73 Å². The molecular weight excluding hydrogens is 386 g/mol. The van der Waals surface area contributed by atoms with Gasteiger partial charge in [0.1, 0.15) is 11.2 Å². The summed E-state index contributed by atoms with van der Waals surface area (Å²) in [5, 5.41) is 4.91. The molecule has 1 aliphatic carbocycles. The minimum atomic E-state index is -0.148. The van der Waals surface area contributed by atoms with E-state index in [1.54, 1.807) is 24.3 Å². The Labute approximate surface area is 178 Å². The van der Waals surface area contributed by atoms with Crippen LogP contribution in [-0.4, -0.2) is 11.6 Å². The standard InChI is InChI=1S/C27H17NO3/c29-26-17-10-4-5-11-18(17)27(30)25-23-19-12-6-7-13-21(19)31-22(23)14-20(24(25)26)28-15-16-8-2-1-3-9-16/h1-14,28H,15H2. The second kappa shape index (κ2) is 6.67. The fraction of sp³-hybridized carbons (Fsp3) is 0.0370. The molecule has 0 amide bonds. The first-order chi connectivity index (χ1) is 15.2. The maximum absolute atomic E-state index is 13.6. The Bertz CT molecular complexity index is 1510. The Morgan fingerprint density at radius 2 is 1.32 bits per heavy atom. The van der Waals surface area contributed by atoms with Crippen molar-refractivity contribution in [2.45, 2.75) is 6.54 Å². The second-order valence-electron chi connectivity index (χ2n) is 7.69. The topological polar surface area (TPSA) is 59.3 Å². The molecule has 148 valence electrons. The van der Waals surface area contributed by atoms with Crippen molar-refractivity contribution in [3.8, 4) is 0 Å². The summed E-state index contributed by atoms with van der Waals surface area (Å²) in [4.78, 5) is 27.2. The van der Waals surface area contributed by atoms with E-state index in [1.165, 1.54) is 0 Å². The highest BCUT2D eigenvalue weighted by Gasteiger charge is 2.35. The zero-order valence-corrected chi connectivity index (χ0v) is 16.5. The van der Waals surface area contributed by atoms with Crippen molar-refractivity contribution in [1.82, 2.24) is 0 Å². The number of para-hydroxylation sites is 1. The number of benzene rings is 4. The molecule has 6 rings (SSSR count). The third kappa shape index (κ3) is 2.62. The number of furan rings is 1. The molecule has 0 bridgehead atoms. The van der Waals surface area contributed by atoms with Gasteiger partial charge in [0.15, 0.2) is 11.6 Å². The summed E-state index contributed by atoms with van der Waals surface area (Å²) in [6.45, 7) is 0.530. The molecule has 1 aliphatic rings. The predicted octanol–water partition coefficient (Wildman–Crippen LogP) is 5.97. The molecule has 0 saturated carbocycles. The number of fused-ring (bicyclic) bond motifs is 6. The molecule has 0 saturated heterocycles. The van der Waals surface area contributed by atoms with E-state index < -0.39 is 0 Å².